The van der Waals surface area contributed by atoms with Crippen LogP contribution in [-0.4, -0.2) is 51.9 Å². The van der Waals surface area contributed by atoms with Crippen LogP contribution < -0.4 is 10.6 Å². The number of nitrogens with zero attached hydrogens (tertiary/aromatic N) is 5. The number of oxazole rings is 1. The molecule has 12 heteroatoms. The fourth-order valence-electron chi connectivity index (χ4n) is 6.40. The number of carbonyl (C=O) groups excluding carboxylic acids is 1. The van der Waals surface area contributed by atoms with Crippen LogP contribution in [0.5, 0.6) is 0 Å². The van der Waals surface area contributed by atoms with Crippen LogP contribution in [0.15, 0.2) is 75.1 Å². The van der Waals surface area contributed by atoms with Crippen LogP contribution in [0.1, 0.15) is 93.6 Å². The summed E-state index contributed by atoms with van der Waals surface area (Å²) in [5.74, 6) is 2.67. The zero-order chi connectivity index (χ0) is 37.2. The molecule has 2 aromatic carbocycles. The molecule has 3 aromatic heterocycles. The van der Waals surface area contributed by atoms with Crippen LogP contribution in [0.3, 0.4) is 0 Å². The van der Waals surface area contributed by atoms with E-state index in [9.17, 15) is 10.1 Å². The van der Waals surface area contributed by atoms with Crippen molar-refractivity contribution in [3.63, 3.8) is 0 Å². The molecule has 0 saturated carbocycles. The molecule has 6 rings (SSSR count). The first kappa shape index (κ1) is 38.7. The number of para-hydroxylation sites is 1. The molecule has 0 spiro atoms. The fraction of sp³-hybridized carbons (Fsp3) is 0.439. The fourth-order valence-corrected chi connectivity index (χ4v) is 9.05. The number of amides is 1. The van der Waals surface area contributed by atoms with Gasteiger partial charge in [0.1, 0.15) is 22.4 Å². The number of aryl methyl sites for hydroxylation is 1. The van der Waals surface area contributed by atoms with E-state index in [0.717, 1.165) is 84.4 Å². The zero-order valence-corrected chi connectivity index (χ0v) is 33.5. The van der Waals surface area contributed by atoms with Gasteiger partial charge in [-0.05, 0) is 87.0 Å². The third-order valence-electron chi connectivity index (χ3n) is 9.51. The molecule has 1 unspecified atom stereocenters. The molecular formula is C41H49N7O2S3. The molecule has 278 valence electrons. The number of rotatable bonds is 16. The van der Waals surface area contributed by atoms with Crippen molar-refractivity contribution in [2.45, 2.75) is 87.6 Å². The van der Waals surface area contributed by atoms with Crippen molar-refractivity contribution < 1.29 is 9.21 Å². The smallest absolute Gasteiger partial charge is 0.262 e. The monoisotopic (exact) mass is 767 g/mol. The van der Waals surface area contributed by atoms with E-state index in [1.165, 1.54) is 34.0 Å². The van der Waals surface area contributed by atoms with E-state index in [1.807, 2.05) is 36.7 Å². The lowest BCUT2D eigenvalue weighted by atomic mass is 9.94. The second kappa shape index (κ2) is 18.3. The van der Waals surface area contributed by atoms with Crippen molar-refractivity contribution in [2.75, 3.05) is 31.5 Å². The Morgan fingerprint density at radius 3 is 2.62 bits per heavy atom. The molecule has 53 heavy (non-hydrogen) atoms. The van der Waals surface area contributed by atoms with Crippen LogP contribution in [0.2, 0.25) is 0 Å². The first-order valence-electron chi connectivity index (χ1n) is 18.5. The standard InChI is InChI=1S/C41H49N7O2S3/c1-5-9-32(47-39(49)31(23-42)22-37-46-33-11-6-7-12-34(33)52-37)30-15-13-28(14-16-30)10-8-19-48-20-17-29(18-21-48)24-44-40-45-26-38(53-40)51-27-36-43-25-35(50-36)41(2,3)4/h6-7,11-16,22,25-26,29,32H,5,8-10,17-21,24,27H2,1-4H3,(H,44,45)(H,47,49)/b31-22+. The molecule has 1 amide bonds. The summed E-state index contributed by atoms with van der Waals surface area (Å²) in [6.07, 6.45) is 11.6. The maximum Gasteiger partial charge on any atom is 0.262 e. The lowest BCUT2D eigenvalue weighted by Crippen LogP contribution is -2.36. The minimum atomic E-state index is -0.366. The minimum absolute atomic E-state index is 0.0336. The molecular weight excluding hydrogens is 719 g/mol. The summed E-state index contributed by atoms with van der Waals surface area (Å²) in [6.45, 7) is 12.8. The molecule has 0 radical (unpaired) electrons. The number of aromatic nitrogens is 3. The minimum Gasteiger partial charge on any atom is -0.444 e. The normalized spacial score (nSPS) is 15.0. The number of benzene rings is 2. The van der Waals surface area contributed by atoms with Gasteiger partial charge in [-0.15, -0.1) is 23.1 Å². The van der Waals surface area contributed by atoms with E-state index in [0.29, 0.717) is 16.7 Å². The highest BCUT2D eigenvalue weighted by Crippen LogP contribution is 2.32. The summed E-state index contributed by atoms with van der Waals surface area (Å²) in [5.41, 5.74) is 3.27. The summed E-state index contributed by atoms with van der Waals surface area (Å²) in [4.78, 5) is 29.4. The molecule has 1 aliphatic rings. The van der Waals surface area contributed by atoms with Gasteiger partial charge in [0.2, 0.25) is 5.89 Å². The Morgan fingerprint density at radius 1 is 1.11 bits per heavy atom. The van der Waals surface area contributed by atoms with Gasteiger partial charge in [0.15, 0.2) is 5.13 Å². The van der Waals surface area contributed by atoms with Crippen molar-refractivity contribution >= 4 is 61.8 Å². The van der Waals surface area contributed by atoms with Crippen LogP contribution >= 0.6 is 34.4 Å². The van der Waals surface area contributed by atoms with Crippen LogP contribution in [0.25, 0.3) is 16.3 Å². The van der Waals surface area contributed by atoms with E-state index >= 15 is 0 Å². The number of hydrogen-bond donors (Lipinski definition) is 2. The predicted octanol–water partition coefficient (Wildman–Crippen LogP) is 9.65. The number of thioether (sulfide) groups is 1. The molecule has 1 fully saturated rings. The summed E-state index contributed by atoms with van der Waals surface area (Å²) in [5, 5.41) is 18.1. The molecule has 2 N–H and O–H groups in total. The van der Waals surface area contributed by atoms with Gasteiger partial charge in [-0.3, -0.25) is 4.79 Å². The Balaban J connectivity index is 0.895. The van der Waals surface area contributed by atoms with Gasteiger partial charge in [-0.1, -0.05) is 81.9 Å². The van der Waals surface area contributed by atoms with Gasteiger partial charge in [0.25, 0.3) is 5.91 Å². The Kier molecular flexibility index (Phi) is 13.4. The zero-order valence-electron chi connectivity index (χ0n) is 31.1. The number of thiazole rings is 2. The van der Waals surface area contributed by atoms with Gasteiger partial charge in [-0.2, -0.15) is 5.26 Å². The molecule has 4 heterocycles. The van der Waals surface area contributed by atoms with Gasteiger partial charge in [0, 0.05) is 12.0 Å². The van der Waals surface area contributed by atoms with Gasteiger partial charge in [-0.25, -0.2) is 15.0 Å². The second-order valence-electron chi connectivity index (χ2n) is 14.7. The van der Waals surface area contributed by atoms with Crippen molar-refractivity contribution in [3.05, 3.63) is 94.3 Å². The average Bonchev–Trinajstić information content (AvgIpc) is 3.93. The molecule has 1 saturated heterocycles. The van der Waals surface area contributed by atoms with Crippen molar-refractivity contribution in [2.24, 2.45) is 5.92 Å². The number of nitrogens with one attached hydrogen (secondary N) is 2. The number of piperidine rings is 1. The van der Waals surface area contributed by atoms with E-state index in [-0.39, 0.29) is 22.9 Å². The number of carbonyl (C=O) groups is 1. The van der Waals surface area contributed by atoms with Crippen molar-refractivity contribution in [1.29, 1.82) is 5.26 Å². The predicted molar refractivity (Wildman–Crippen MR) is 218 cm³/mol. The maximum atomic E-state index is 13.2. The topological polar surface area (TPSA) is 120 Å². The summed E-state index contributed by atoms with van der Waals surface area (Å²) in [6, 6.07) is 18.4. The van der Waals surface area contributed by atoms with E-state index < -0.39 is 0 Å². The lowest BCUT2D eigenvalue weighted by Gasteiger charge is -2.32. The highest BCUT2D eigenvalue weighted by molar-refractivity contribution is 8.00. The quantitative estimate of drug-likeness (QED) is 0.0575. The van der Waals surface area contributed by atoms with Crippen LogP contribution in [-0.2, 0) is 22.4 Å². The Labute approximate surface area is 325 Å². The Bertz CT molecular complexity index is 1980. The average molecular weight is 768 g/mol. The number of nitriles is 1. The summed E-state index contributed by atoms with van der Waals surface area (Å²) in [7, 11) is 0. The number of hydrogen-bond acceptors (Lipinski definition) is 11. The molecule has 5 aromatic rings. The highest BCUT2D eigenvalue weighted by atomic mass is 32.2. The largest absolute Gasteiger partial charge is 0.444 e. The number of anilines is 1. The second-order valence-corrected chi connectivity index (χ2v) is 18.0. The van der Waals surface area contributed by atoms with Crippen molar-refractivity contribution in [1.82, 2.24) is 25.2 Å². The molecule has 0 bridgehead atoms. The first-order valence-corrected chi connectivity index (χ1v) is 21.2. The van der Waals surface area contributed by atoms with Gasteiger partial charge in [0.05, 0.1) is 38.6 Å². The third-order valence-corrected chi connectivity index (χ3v) is 12.6. The molecule has 0 aliphatic carbocycles. The van der Waals surface area contributed by atoms with Crippen molar-refractivity contribution in [3.8, 4) is 6.07 Å². The van der Waals surface area contributed by atoms with E-state index in [4.69, 9.17) is 4.42 Å². The van der Waals surface area contributed by atoms with Gasteiger partial charge >= 0.3 is 0 Å². The van der Waals surface area contributed by atoms with Gasteiger partial charge < -0.3 is 20.0 Å². The maximum absolute atomic E-state index is 13.2. The number of fused-ring (bicyclic) bond motifs is 1. The van der Waals surface area contributed by atoms with Crippen LogP contribution in [0.4, 0.5) is 5.13 Å². The summed E-state index contributed by atoms with van der Waals surface area (Å²) >= 11 is 4.89. The van der Waals surface area contributed by atoms with Crippen LogP contribution in [0, 0.1) is 17.2 Å². The lowest BCUT2D eigenvalue weighted by molar-refractivity contribution is -0.117. The molecule has 1 atom stereocenters. The number of likely N-dealkylation sites (tertiary alicyclic amines) is 1. The van der Waals surface area contributed by atoms with E-state index in [2.05, 4.69) is 88.5 Å². The summed E-state index contributed by atoms with van der Waals surface area (Å²) < 4.78 is 8.12. The SMILES string of the molecule is CCCC(NC(=O)/C(C#N)=C/c1nc2ccccc2s1)c1ccc(CCCN2CCC(CNc3ncc(SCc4ncc(C(C)(C)C)o4)s3)CC2)cc1. The first-order chi connectivity index (χ1) is 25.7. The Morgan fingerprint density at radius 2 is 1.91 bits per heavy atom. The molecule has 9 nitrogen and oxygen atoms in total. The third kappa shape index (κ3) is 11.0. The molecule has 1 aliphatic heterocycles. The highest BCUT2D eigenvalue weighted by Gasteiger charge is 2.21. The Hall–Kier alpha value is -4.02. The van der Waals surface area contributed by atoms with E-state index in [1.54, 1.807) is 29.2 Å².